The van der Waals surface area contributed by atoms with Gasteiger partial charge in [0.05, 0.1) is 12.7 Å². The van der Waals surface area contributed by atoms with E-state index in [1.807, 2.05) is 12.1 Å². The van der Waals surface area contributed by atoms with E-state index in [4.69, 9.17) is 0 Å². The van der Waals surface area contributed by atoms with Crippen molar-refractivity contribution in [1.29, 1.82) is 0 Å². The lowest BCUT2D eigenvalue weighted by Crippen LogP contribution is -2.44. The predicted molar refractivity (Wildman–Crippen MR) is 99.7 cm³/mol. The van der Waals surface area contributed by atoms with Gasteiger partial charge >= 0.3 is 5.97 Å². The largest absolute Gasteiger partial charge is 0.465 e. The lowest BCUT2D eigenvalue weighted by Gasteiger charge is -2.34. The van der Waals surface area contributed by atoms with Crippen molar-refractivity contribution in [2.24, 2.45) is 0 Å². The van der Waals surface area contributed by atoms with Crippen LogP contribution in [0.4, 0.5) is 11.5 Å². The number of methoxy groups -OCH3 is 1. The Morgan fingerprint density at radius 1 is 1.04 bits per heavy atom. The number of hydrogen-bond donors (Lipinski definition) is 1. The van der Waals surface area contributed by atoms with E-state index in [9.17, 15) is 9.59 Å². The van der Waals surface area contributed by atoms with Gasteiger partial charge in [-0.25, -0.2) is 9.78 Å². The van der Waals surface area contributed by atoms with E-state index in [0.717, 1.165) is 31.9 Å². The number of carbonyl (C=O) groups excluding carboxylic acids is 2. The van der Waals surface area contributed by atoms with Gasteiger partial charge in [0.25, 0.3) is 5.91 Å². The van der Waals surface area contributed by atoms with Gasteiger partial charge in [-0.1, -0.05) is 0 Å². The lowest BCUT2D eigenvalue weighted by molar-refractivity contribution is 0.0600. The predicted octanol–water partition coefficient (Wildman–Crippen LogP) is 1.87. The molecule has 1 aliphatic heterocycles. The summed E-state index contributed by atoms with van der Waals surface area (Å²) in [6, 6.07) is 10.5. The van der Waals surface area contributed by atoms with Crippen molar-refractivity contribution < 1.29 is 14.3 Å². The van der Waals surface area contributed by atoms with E-state index in [1.54, 1.807) is 12.1 Å². The number of nitrogens with one attached hydrogen (secondary N) is 1. The zero-order valence-corrected chi connectivity index (χ0v) is 14.9. The molecule has 1 fully saturated rings. The fourth-order valence-corrected chi connectivity index (χ4v) is 2.82. The summed E-state index contributed by atoms with van der Waals surface area (Å²) in [4.78, 5) is 32.6. The van der Waals surface area contributed by atoms with Gasteiger partial charge in [-0.3, -0.25) is 4.79 Å². The summed E-state index contributed by atoms with van der Waals surface area (Å²) in [5, 5.41) is 2.70. The van der Waals surface area contributed by atoms with Crippen LogP contribution in [0.5, 0.6) is 0 Å². The lowest BCUT2D eigenvalue weighted by atomic mass is 10.1. The minimum atomic E-state index is -0.473. The first kappa shape index (κ1) is 17.9. The van der Waals surface area contributed by atoms with Crippen molar-refractivity contribution in [3.63, 3.8) is 0 Å². The number of anilines is 2. The summed E-state index contributed by atoms with van der Waals surface area (Å²) >= 11 is 0. The molecule has 0 bridgehead atoms. The van der Waals surface area contributed by atoms with Crippen LogP contribution in [0.3, 0.4) is 0 Å². The normalized spacial score (nSPS) is 14.8. The van der Waals surface area contributed by atoms with Crippen LogP contribution in [-0.4, -0.2) is 62.1 Å². The van der Waals surface area contributed by atoms with Gasteiger partial charge in [0.1, 0.15) is 5.82 Å². The van der Waals surface area contributed by atoms with Crippen LogP contribution >= 0.6 is 0 Å². The van der Waals surface area contributed by atoms with Gasteiger partial charge in [-0.15, -0.1) is 0 Å². The first-order valence-corrected chi connectivity index (χ1v) is 8.46. The molecule has 136 valence electrons. The molecule has 3 rings (SSSR count). The highest BCUT2D eigenvalue weighted by Crippen LogP contribution is 2.18. The molecule has 0 atom stereocenters. The van der Waals surface area contributed by atoms with Crippen LogP contribution < -0.4 is 10.2 Å². The third-order valence-corrected chi connectivity index (χ3v) is 4.42. The van der Waals surface area contributed by atoms with Crippen LogP contribution in [0, 0.1) is 0 Å². The molecule has 7 heteroatoms. The van der Waals surface area contributed by atoms with Gasteiger partial charge in [-0.2, -0.15) is 0 Å². The molecular formula is C19H22N4O3. The number of rotatable bonds is 4. The Hall–Kier alpha value is -2.93. The van der Waals surface area contributed by atoms with Crippen molar-refractivity contribution in [3.8, 4) is 0 Å². The minimum absolute atomic E-state index is 0.274. The Morgan fingerprint density at radius 3 is 2.38 bits per heavy atom. The van der Waals surface area contributed by atoms with E-state index in [0.29, 0.717) is 16.9 Å². The van der Waals surface area contributed by atoms with Gasteiger partial charge in [-0.05, 0) is 43.4 Å². The van der Waals surface area contributed by atoms with Crippen LogP contribution in [0.25, 0.3) is 0 Å². The number of benzene rings is 1. The Labute approximate surface area is 152 Å². The average Bonchev–Trinajstić information content (AvgIpc) is 2.68. The van der Waals surface area contributed by atoms with Crippen molar-refractivity contribution in [3.05, 3.63) is 53.7 Å². The molecule has 1 aromatic heterocycles. The molecule has 1 aromatic carbocycles. The third kappa shape index (κ3) is 4.18. The number of ether oxygens (including phenoxy) is 1. The van der Waals surface area contributed by atoms with Gasteiger partial charge < -0.3 is 19.9 Å². The van der Waals surface area contributed by atoms with Crippen LogP contribution in [-0.2, 0) is 4.74 Å². The summed E-state index contributed by atoms with van der Waals surface area (Å²) in [5.74, 6) is -0.440. The minimum Gasteiger partial charge on any atom is -0.465 e. The van der Waals surface area contributed by atoms with Gasteiger partial charge in [0.15, 0.2) is 0 Å². The van der Waals surface area contributed by atoms with E-state index in [-0.39, 0.29) is 5.91 Å². The number of amides is 1. The summed E-state index contributed by atoms with van der Waals surface area (Å²) in [6.45, 7) is 4.02. The fourth-order valence-electron chi connectivity index (χ4n) is 2.82. The van der Waals surface area contributed by atoms with Crippen LogP contribution in [0.15, 0.2) is 42.6 Å². The molecular weight excluding hydrogens is 332 g/mol. The third-order valence-electron chi connectivity index (χ3n) is 4.42. The molecule has 0 unspecified atom stereocenters. The number of hydrogen-bond acceptors (Lipinski definition) is 6. The molecule has 1 aliphatic rings. The smallest absolute Gasteiger partial charge is 0.338 e. The highest BCUT2D eigenvalue weighted by molar-refractivity contribution is 6.04. The average molecular weight is 354 g/mol. The summed E-state index contributed by atoms with van der Waals surface area (Å²) in [7, 11) is 3.43. The number of carbonyl (C=O) groups is 2. The SMILES string of the molecule is COC(=O)c1ccnc(NC(=O)c2ccc(N3CCN(C)CC3)cc2)c1. The Morgan fingerprint density at radius 2 is 1.73 bits per heavy atom. The highest BCUT2D eigenvalue weighted by Gasteiger charge is 2.15. The molecule has 2 heterocycles. The number of pyridine rings is 1. The van der Waals surface area contributed by atoms with Crippen LogP contribution in [0.1, 0.15) is 20.7 Å². The highest BCUT2D eigenvalue weighted by atomic mass is 16.5. The number of likely N-dealkylation sites (N-methyl/N-ethyl adjacent to an activating group) is 1. The van der Waals surface area contributed by atoms with Crippen LogP contribution in [0.2, 0.25) is 0 Å². The van der Waals surface area contributed by atoms with Gasteiger partial charge in [0, 0.05) is 43.6 Å². The van der Waals surface area contributed by atoms with E-state index in [2.05, 4.69) is 31.9 Å². The van der Waals surface area contributed by atoms with Crippen molar-refractivity contribution in [2.75, 3.05) is 50.6 Å². The maximum absolute atomic E-state index is 12.4. The fraction of sp³-hybridized carbons (Fsp3) is 0.316. The number of esters is 1. The van der Waals surface area contributed by atoms with Crippen molar-refractivity contribution >= 4 is 23.4 Å². The maximum Gasteiger partial charge on any atom is 0.338 e. The monoisotopic (exact) mass is 354 g/mol. The topological polar surface area (TPSA) is 74.8 Å². The second kappa shape index (κ2) is 7.97. The molecule has 26 heavy (non-hydrogen) atoms. The first-order chi connectivity index (χ1) is 12.6. The number of aromatic nitrogens is 1. The number of nitrogens with zero attached hydrogens (tertiary/aromatic N) is 3. The van der Waals surface area contributed by atoms with Gasteiger partial charge in [0.2, 0.25) is 0 Å². The Balaban J connectivity index is 1.66. The Kier molecular flexibility index (Phi) is 5.48. The summed E-state index contributed by atoms with van der Waals surface area (Å²) in [6.07, 6.45) is 1.46. The van der Waals surface area contributed by atoms with E-state index < -0.39 is 5.97 Å². The zero-order chi connectivity index (χ0) is 18.5. The van der Waals surface area contributed by atoms with E-state index in [1.165, 1.54) is 25.4 Å². The molecule has 1 N–H and O–H groups in total. The molecule has 2 aromatic rings. The second-order valence-corrected chi connectivity index (χ2v) is 6.21. The molecule has 0 saturated carbocycles. The Bertz CT molecular complexity index is 784. The molecule has 0 spiro atoms. The molecule has 1 saturated heterocycles. The molecule has 0 aliphatic carbocycles. The molecule has 0 radical (unpaired) electrons. The zero-order valence-electron chi connectivity index (χ0n) is 14.9. The van der Waals surface area contributed by atoms with E-state index >= 15 is 0 Å². The summed E-state index contributed by atoms with van der Waals surface area (Å²) < 4.78 is 4.67. The first-order valence-electron chi connectivity index (χ1n) is 8.46. The maximum atomic E-state index is 12.4. The second-order valence-electron chi connectivity index (χ2n) is 6.21. The molecule has 7 nitrogen and oxygen atoms in total. The quantitative estimate of drug-likeness (QED) is 0.845. The number of piperazine rings is 1. The standard InChI is InChI=1S/C19H22N4O3/c1-22-9-11-23(12-10-22)16-5-3-14(4-6-16)18(24)21-17-13-15(7-8-20-17)19(25)26-2/h3-8,13H,9-12H2,1-2H3,(H,20,21,24). The van der Waals surface area contributed by atoms with Crippen molar-refractivity contribution in [1.82, 2.24) is 9.88 Å². The summed E-state index contributed by atoms with van der Waals surface area (Å²) in [5.41, 5.74) is 1.98. The molecule has 1 amide bonds. The van der Waals surface area contributed by atoms with Crippen molar-refractivity contribution in [2.45, 2.75) is 0 Å².